The lowest BCUT2D eigenvalue weighted by molar-refractivity contribution is 0.0698. The second-order valence-electron chi connectivity index (χ2n) is 4.87. The normalized spacial score (nSPS) is 15.2. The maximum absolute atomic E-state index is 11.0. The third-order valence-corrected chi connectivity index (χ3v) is 4.43. The fourth-order valence-electron chi connectivity index (χ4n) is 2.47. The molecule has 1 aliphatic rings. The lowest BCUT2D eigenvalue weighted by Crippen LogP contribution is -2.46. The van der Waals surface area contributed by atoms with E-state index in [2.05, 4.69) is 14.8 Å². The Morgan fingerprint density at radius 1 is 1.24 bits per heavy atom. The molecule has 1 saturated heterocycles. The lowest BCUT2D eigenvalue weighted by Gasteiger charge is -2.36. The molecule has 1 fully saturated rings. The van der Waals surface area contributed by atoms with Gasteiger partial charge in [-0.15, -0.1) is 11.3 Å². The minimum absolute atomic E-state index is 0.153. The maximum atomic E-state index is 11.0. The van der Waals surface area contributed by atoms with Crippen molar-refractivity contribution in [3.05, 3.63) is 35.3 Å². The molecule has 1 aromatic carbocycles. The van der Waals surface area contributed by atoms with Crippen molar-refractivity contribution in [1.82, 2.24) is 4.98 Å². The van der Waals surface area contributed by atoms with Crippen LogP contribution in [0.15, 0.2) is 29.8 Å². The Hall–Kier alpha value is -2.28. The number of aromatic carboxylic acids is 1. The Labute approximate surface area is 126 Å². The van der Waals surface area contributed by atoms with Crippen LogP contribution in [-0.4, -0.2) is 42.2 Å². The number of nitrogen functional groups attached to an aromatic ring is 1. The Bertz CT molecular complexity index is 636. The Morgan fingerprint density at radius 3 is 2.52 bits per heavy atom. The van der Waals surface area contributed by atoms with Gasteiger partial charge in [0.25, 0.3) is 0 Å². The Balaban J connectivity index is 1.69. The molecule has 0 bridgehead atoms. The van der Waals surface area contributed by atoms with Gasteiger partial charge in [-0.1, -0.05) is 0 Å². The van der Waals surface area contributed by atoms with Crippen LogP contribution in [0.3, 0.4) is 0 Å². The van der Waals surface area contributed by atoms with Crippen molar-refractivity contribution < 1.29 is 9.90 Å². The molecule has 0 spiro atoms. The smallest absolute Gasteiger partial charge is 0.337 e. The van der Waals surface area contributed by atoms with Crippen molar-refractivity contribution in [1.29, 1.82) is 0 Å². The van der Waals surface area contributed by atoms with Crippen molar-refractivity contribution >= 4 is 33.8 Å². The van der Waals surface area contributed by atoms with Gasteiger partial charge in [0, 0.05) is 49.1 Å². The van der Waals surface area contributed by atoms with Crippen LogP contribution in [0.2, 0.25) is 0 Å². The second kappa shape index (κ2) is 5.61. The van der Waals surface area contributed by atoms with E-state index in [0.29, 0.717) is 5.69 Å². The molecule has 6 nitrogen and oxygen atoms in total. The van der Waals surface area contributed by atoms with Crippen molar-refractivity contribution in [2.75, 3.05) is 41.7 Å². The van der Waals surface area contributed by atoms with Gasteiger partial charge in [0.05, 0.1) is 5.56 Å². The first-order chi connectivity index (χ1) is 10.1. The van der Waals surface area contributed by atoms with Crippen molar-refractivity contribution in [3.8, 4) is 0 Å². The van der Waals surface area contributed by atoms with Gasteiger partial charge in [0.15, 0.2) is 5.13 Å². The molecule has 2 heterocycles. The Kier molecular flexibility index (Phi) is 3.66. The minimum atomic E-state index is -0.993. The summed E-state index contributed by atoms with van der Waals surface area (Å²) in [7, 11) is 0. The van der Waals surface area contributed by atoms with Crippen LogP contribution in [0, 0.1) is 0 Å². The zero-order valence-corrected chi connectivity index (χ0v) is 12.2. The molecule has 110 valence electrons. The molecule has 0 atom stereocenters. The lowest BCUT2D eigenvalue weighted by atomic mass is 10.1. The van der Waals surface area contributed by atoms with Gasteiger partial charge in [0.1, 0.15) is 0 Å². The minimum Gasteiger partial charge on any atom is -0.478 e. The second-order valence-corrected chi connectivity index (χ2v) is 5.74. The first kappa shape index (κ1) is 13.7. The van der Waals surface area contributed by atoms with E-state index in [1.54, 1.807) is 23.5 Å². The highest BCUT2D eigenvalue weighted by atomic mass is 32.1. The van der Waals surface area contributed by atoms with E-state index in [1.807, 2.05) is 17.6 Å². The third kappa shape index (κ3) is 2.78. The largest absolute Gasteiger partial charge is 0.478 e. The van der Waals surface area contributed by atoms with Gasteiger partial charge in [-0.3, -0.25) is 0 Å². The van der Waals surface area contributed by atoms with Crippen LogP contribution in [-0.2, 0) is 0 Å². The van der Waals surface area contributed by atoms with Gasteiger partial charge < -0.3 is 20.6 Å². The quantitative estimate of drug-likeness (QED) is 0.841. The number of nitrogens with two attached hydrogens (primary N) is 1. The van der Waals surface area contributed by atoms with Crippen LogP contribution in [0.4, 0.5) is 16.5 Å². The van der Waals surface area contributed by atoms with Gasteiger partial charge in [-0.25, -0.2) is 9.78 Å². The number of carboxylic acid groups (broad SMARTS) is 1. The van der Waals surface area contributed by atoms with Crippen LogP contribution >= 0.6 is 11.3 Å². The monoisotopic (exact) mass is 304 g/mol. The summed E-state index contributed by atoms with van der Waals surface area (Å²) in [6.45, 7) is 3.53. The number of aromatic nitrogens is 1. The van der Waals surface area contributed by atoms with E-state index < -0.39 is 5.97 Å². The third-order valence-electron chi connectivity index (χ3n) is 3.60. The van der Waals surface area contributed by atoms with E-state index in [1.165, 1.54) is 0 Å². The highest BCUT2D eigenvalue weighted by Gasteiger charge is 2.19. The molecule has 21 heavy (non-hydrogen) atoms. The van der Waals surface area contributed by atoms with Crippen LogP contribution in [0.5, 0.6) is 0 Å². The number of rotatable bonds is 3. The number of piperazine rings is 1. The van der Waals surface area contributed by atoms with E-state index >= 15 is 0 Å². The highest BCUT2D eigenvalue weighted by molar-refractivity contribution is 7.13. The number of anilines is 3. The summed E-state index contributed by atoms with van der Waals surface area (Å²) in [6, 6.07) is 5.13. The number of thiazole rings is 1. The molecular weight excluding hydrogens is 288 g/mol. The van der Waals surface area contributed by atoms with Crippen LogP contribution < -0.4 is 15.5 Å². The molecule has 0 aliphatic carbocycles. The SMILES string of the molecule is Nc1cc(N2CCN(c3nccs3)CC2)ccc1C(=O)O. The molecular formula is C14H16N4O2S. The number of hydrogen-bond acceptors (Lipinski definition) is 6. The molecule has 3 N–H and O–H groups in total. The van der Waals surface area contributed by atoms with Crippen molar-refractivity contribution in [2.45, 2.75) is 0 Å². The van der Waals surface area contributed by atoms with E-state index in [9.17, 15) is 4.79 Å². The van der Waals surface area contributed by atoms with Gasteiger partial charge >= 0.3 is 5.97 Å². The average molecular weight is 304 g/mol. The molecule has 3 rings (SSSR count). The van der Waals surface area contributed by atoms with E-state index in [0.717, 1.165) is 37.0 Å². The Morgan fingerprint density at radius 2 is 1.95 bits per heavy atom. The van der Waals surface area contributed by atoms with Crippen molar-refractivity contribution in [3.63, 3.8) is 0 Å². The summed E-state index contributed by atoms with van der Waals surface area (Å²) in [5.41, 5.74) is 7.24. The fraction of sp³-hybridized carbons (Fsp3) is 0.286. The summed E-state index contributed by atoms with van der Waals surface area (Å²) in [5.74, 6) is -0.993. The zero-order chi connectivity index (χ0) is 14.8. The first-order valence-electron chi connectivity index (χ1n) is 6.67. The topological polar surface area (TPSA) is 82.7 Å². The predicted octanol–water partition coefficient (Wildman–Crippen LogP) is 1.75. The fourth-order valence-corrected chi connectivity index (χ4v) is 3.17. The molecule has 7 heteroatoms. The number of carboxylic acids is 1. The average Bonchev–Trinajstić information content (AvgIpc) is 3.01. The molecule has 0 radical (unpaired) electrons. The highest BCUT2D eigenvalue weighted by Crippen LogP contribution is 2.25. The molecule has 2 aromatic rings. The summed E-state index contributed by atoms with van der Waals surface area (Å²) < 4.78 is 0. The zero-order valence-electron chi connectivity index (χ0n) is 11.4. The molecule has 0 unspecified atom stereocenters. The molecule has 1 aliphatic heterocycles. The van der Waals surface area contributed by atoms with Crippen LogP contribution in [0.25, 0.3) is 0 Å². The molecule has 0 amide bonds. The van der Waals surface area contributed by atoms with E-state index in [-0.39, 0.29) is 5.56 Å². The summed E-state index contributed by atoms with van der Waals surface area (Å²) in [6.07, 6.45) is 1.82. The molecule has 1 aromatic heterocycles. The molecule has 0 saturated carbocycles. The summed E-state index contributed by atoms with van der Waals surface area (Å²) in [4.78, 5) is 19.8. The van der Waals surface area contributed by atoms with E-state index in [4.69, 9.17) is 10.8 Å². The summed E-state index contributed by atoms with van der Waals surface area (Å²) >= 11 is 1.65. The number of benzene rings is 1. The van der Waals surface area contributed by atoms with Gasteiger partial charge in [-0.2, -0.15) is 0 Å². The standard InChI is InChI=1S/C14H16N4O2S/c15-12-9-10(1-2-11(12)13(19)20)17-4-6-18(7-5-17)14-16-3-8-21-14/h1-3,8-9H,4-7,15H2,(H,19,20). The maximum Gasteiger partial charge on any atom is 0.337 e. The summed E-state index contributed by atoms with van der Waals surface area (Å²) in [5, 5.41) is 12.0. The van der Waals surface area contributed by atoms with Crippen LogP contribution in [0.1, 0.15) is 10.4 Å². The number of carbonyl (C=O) groups is 1. The van der Waals surface area contributed by atoms with Crippen molar-refractivity contribution in [2.24, 2.45) is 0 Å². The van der Waals surface area contributed by atoms with Gasteiger partial charge in [-0.05, 0) is 18.2 Å². The van der Waals surface area contributed by atoms with Gasteiger partial charge in [0.2, 0.25) is 0 Å². The number of nitrogens with zero attached hydrogens (tertiary/aromatic N) is 3. The first-order valence-corrected chi connectivity index (χ1v) is 7.55. The number of hydrogen-bond donors (Lipinski definition) is 2. The predicted molar refractivity (Wildman–Crippen MR) is 84.4 cm³/mol.